The quantitative estimate of drug-likeness (QED) is 0.513. The molecule has 0 spiro atoms. The van der Waals surface area contributed by atoms with Gasteiger partial charge in [0.2, 0.25) is 0 Å². The lowest BCUT2D eigenvalue weighted by Crippen LogP contribution is -2.48. The van der Waals surface area contributed by atoms with Gasteiger partial charge in [0.25, 0.3) is 5.91 Å². The molecule has 2 heterocycles. The Morgan fingerprint density at radius 3 is 2.41 bits per heavy atom. The Balaban J connectivity index is 1.73. The van der Waals surface area contributed by atoms with Crippen LogP contribution in [0.1, 0.15) is 32.3 Å². The number of aryl methyl sites for hydroxylation is 2. The second kappa shape index (κ2) is 10.7. The third-order valence-corrected chi connectivity index (χ3v) is 5.25. The van der Waals surface area contributed by atoms with Crippen LogP contribution in [0.5, 0.6) is 0 Å². The molecule has 0 fully saturated rings. The molecule has 10 heteroatoms. The van der Waals surface area contributed by atoms with Crippen molar-refractivity contribution < 1.29 is 19.1 Å². The Bertz CT molecular complexity index is 1150. The topological polar surface area (TPSA) is 115 Å². The van der Waals surface area contributed by atoms with Crippen LogP contribution in [-0.2, 0) is 14.3 Å². The molecular weight excluding hydrogens is 454 g/mol. The third-order valence-electron chi connectivity index (χ3n) is 4.50. The van der Waals surface area contributed by atoms with Crippen LogP contribution in [0.2, 0.25) is 0 Å². The fourth-order valence-corrected chi connectivity index (χ4v) is 3.88. The first kappa shape index (κ1) is 25.3. The summed E-state index contributed by atoms with van der Waals surface area (Å²) in [5.74, 6) is 0.263. The highest BCUT2D eigenvalue weighted by Crippen LogP contribution is 2.28. The van der Waals surface area contributed by atoms with Crippen LogP contribution in [-0.4, -0.2) is 52.3 Å². The molecule has 180 valence electrons. The van der Waals surface area contributed by atoms with Crippen molar-refractivity contribution in [2.75, 3.05) is 19.0 Å². The summed E-state index contributed by atoms with van der Waals surface area (Å²) in [5, 5.41) is 7.55. The summed E-state index contributed by atoms with van der Waals surface area (Å²) in [5.41, 5.74) is 3.62. The van der Waals surface area contributed by atoms with Gasteiger partial charge in [-0.15, -0.1) is 11.3 Å². The van der Waals surface area contributed by atoms with Gasteiger partial charge in [-0.1, -0.05) is 18.2 Å². The highest BCUT2D eigenvalue weighted by Gasteiger charge is 2.25. The lowest BCUT2D eigenvalue weighted by molar-refractivity contribution is -0.119. The van der Waals surface area contributed by atoms with Crippen molar-refractivity contribution in [2.24, 2.45) is 0 Å². The van der Waals surface area contributed by atoms with Crippen molar-refractivity contribution in [3.8, 4) is 22.5 Å². The number of methoxy groups -OCH3 is 1. The van der Waals surface area contributed by atoms with E-state index in [1.165, 1.54) is 18.4 Å². The van der Waals surface area contributed by atoms with E-state index in [0.29, 0.717) is 16.6 Å². The molecule has 3 aromatic rings. The fourth-order valence-electron chi connectivity index (χ4n) is 3.16. The summed E-state index contributed by atoms with van der Waals surface area (Å²) >= 11 is 1.29. The van der Waals surface area contributed by atoms with E-state index >= 15 is 0 Å². The van der Waals surface area contributed by atoms with E-state index in [4.69, 9.17) is 9.47 Å². The molecule has 0 saturated heterocycles. The number of thiazole rings is 1. The van der Waals surface area contributed by atoms with Gasteiger partial charge >= 0.3 is 6.09 Å². The Morgan fingerprint density at radius 1 is 1.06 bits per heavy atom. The maximum absolute atomic E-state index is 12.7. The Labute approximate surface area is 203 Å². The average molecular weight is 484 g/mol. The van der Waals surface area contributed by atoms with Crippen molar-refractivity contribution in [1.82, 2.24) is 20.3 Å². The summed E-state index contributed by atoms with van der Waals surface area (Å²) < 4.78 is 10.3. The van der Waals surface area contributed by atoms with Gasteiger partial charge in [0.05, 0.1) is 18.0 Å². The van der Waals surface area contributed by atoms with Crippen LogP contribution in [0.15, 0.2) is 35.7 Å². The van der Waals surface area contributed by atoms with Gasteiger partial charge in [0.1, 0.15) is 17.5 Å². The molecule has 0 saturated carbocycles. The minimum Gasteiger partial charge on any atom is -0.444 e. The predicted octanol–water partition coefficient (Wildman–Crippen LogP) is 4.36. The maximum atomic E-state index is 12.7. The highest BCUT2D eigenvalue weighted by atomic mass is 32.1. The van der Waals surface area contributed by atoms with Crippen molar-refractivity contribution in [2.45, 2.75) is 46.3 Å². The van der Waals surface area contributed by atoms with Crippen LogP contribution in [0.4, 0.5) is 9.93 Å². The van der Waals surface area contributed by atoms with E-state index < -0.39 is 23.6 Å². The van der Waals surface area contributed by atoms with Gasteiger partial charge in [-0.25, -0.2) is 19.7 Å². The molecule has 1 atom stereocenters. The normalized spacial score (nSPS) is 12.2. The van der Waals surface area contributed by atoms with E-state index in [-0.39, 0.29) is 6.61 Å². The highest BCUT2D eigenvalue weighted by molar-refractivity contribution is 7.14. The number of anilines is 1. The zero-order chi connectivity index (χ0) is 24.9. The van der Waals surface area contributed by atoms with Crippen LogP contribution in [0, 0.1) is 13.8 Å². The maximum Gasteiger partial charge on any atom is 0.408 e. The zero-order valence-electron chi connectivity index (χ0n) is 20.1. The third kappa shape index (κ3) is 7.06. The van der Waals surface area contributed by atoms with E-state index in [9.17, 15) is 9.59 Å². The second-order valence-corrected chi connectivity index (χ2v) is 9.56. The number of hydrogen-bond donors (Lipinski definition) is 2. The Morgan fingerprint density at radius 2 is 1.76 bits per heavy atom. The largest absolute Gasteiger partial charge is 0.444 e. The molecule has 2 aromatic heterocycles. The number of nitrogens with zero attached hydrogens (tertiary/aromatic N) is 3. The molecule has 2 N–H and O–H groups in total. The first-order chi connectivity index (χ1) is 16.0. The molecule has 9 nitrogen and oxygen atoms in total. The average Bonchev–Trinajstić information content (AvgIpc) is 3.20. The molecule has 34 heavy (non-hydrogen) atoms. The van der Waals surface area contributed by atoms with E-state index in [1.807, 2.05) is 49.6 Å². The predicted molar refractivity (Wildman–Crippen MR) is 132 cm³/mol. The number of nitrogens with one attached hydrogen (secondary N) is 2. The molecule has 0 aliphatic heterocycles. The monoisotopic (exact) mass is 483 g/mol. The summed E-state index contributed by atoms with van der Waals surface area (Å²) in [7, 11) is 1.45. The van der Waals surface area contributed by atoms with Gasteiger partial charge in [-0.05, 0) is 46.8 Å². The first-order valence-electron chi connectivity index (χ1n) is 10.7. The summed E-state index contributed by atoms with van der Waals surface area (Å²) in [6.07, 6.45) is -0.698. The number of ether oxygens (including phenoxy) is 2. The van der Waals surface area contributed by atoms with Crippen LogP contribution in [0.25, 0.3) is 22.5 Å². The number of alkyl carbamates (subject to hydrolysis) is 1. The van der Waals surface area contributed by atoms with Crippen molar-refractivity contribution in [3.63, 3.8) is 0 Å². The summed E-state index contributed by atoms with van der Waals surface area (Å²) in [6.45, 7) is 9.03. The van der Waals surface area contributed by atoms with Gasteiger partial charge in [0, 0.05) is 29.3 Å². The van der Waals surface area contributed by atoms with Crippen molar-refractivity contribution in [1.29, 1.82) is 0 Å². The molecular formula is C24H29N5O4S. The van der Waals surface area contributed by atoms with E-state index in [2.05, 4.69) is 25.6 Å². The Hall–Kier alpha value is -3.37. The summed E-state index contributed by atoms with van der Waals surface area (Å²) in [4.78, 5) is 38.2. The lowest BCUT2D eigenvalue weighted by Gasteiger charge is -2.22. The second-order valence-electron chi connectivity index (χ2n) is 8.70. The zero-order valence-corrected chi connectivity index (χ0v) is 20.9. The van der Waals surface area contributed by atoms with Crippen LogP contribution < -0.4 is 10.6 Å². The van der Waals surface area contributed by atoms with Crippen LogP contribution >= 0.6 is 11.3 Å². The number of hydrogen-bond acceptors (Lipinski definition) is 8. The van der Waals surface area contributed by atoms with Gasteiger partial charge in [0.15, 0.2) is 5.13 Å². The van der Waals surface area contributed by atoms with E-state index in [1.54, 1.807) is 20.8 Å². The number of aromatic nitrogens is 3. The first-order valence-corrected chi connectivity index (χ1v) is 11.6. The van der Waals surface area contributed by atoms with Gasteiger partial charge < -0.3 is 20.1 Å². The molecule has 0 aliphatic rings. The molecule has 2 amide bonds. The van der Waals surface area contributed by atoms with Gasteiger partial charge in [-0.2, -0.15) is 0 Å². The SMILES string of the molecule is COCC(NC(=O)OC(C)(C)C)C(=O)Nc1nc(-c2cccc(-c3cc(C)nc(C)n3)c2)cs1. The van der Waals surface area contributed by atoms with Crippen LogP contribution in [0.3, 0.4) is 0 Å². The lowest BCUT2D eigenvalue weighted by atomic mass is 10.1. The Kier molecular flexibility index (Phi) is 7.95. The van der Waals surface area contributed by atoms with Crippen molar-refractivity contribution >= 4 is 28.5 Å². The minimum atomic E-state index is -0.931. The minimum absolute atomic E-state index is 0.0108. The summed E-state index contributed by atoms with van der Waals surface area (Å²) in [6, 6.07) is 8.88. The molecule has 1 aromatic carbocycles. The molecule has 0 bridgehead atoms. The molecule has 0 radical (unpaired) electrons. The molecule has 3 rings (SSSR count). The number of benzene rings is 1. The van der Waals surface area contributed by atoms with Crippen molar-refractivity contribution in [3.05, 3.63) is 47.2 Å². The fraction of sp³-hybridized carbons (Fsp3) is 0.375. The van der Waals surface area contributed by atoms with E-state index in [0.717, 1.165) is 22.5 Å². The number of amides is 2. The standard InChI is InChI=1S/C24H29N5O4S/c1-14-10-18(26-15(2)25-14)16-8-7-9-17(11-16)20-13-34-22(27-20)29-21(30)19(12-32-6)28-23(31)33-24(3,4)5/h7-11,13,19H,12H2,1-6H3,(H,28,31)(H,27,29,30). The van der Waals surface area contributed by atoms with Gasteiger partial charge in [-0.3, -0.25) is 4.79 Å². The molecule has 1 unspecified atom stereocenters. The number of carbonyl (C=O) groups excluding carboxylic acids is 2. The number of rotatable bonds is 7. The molecule has 0 aliphatic carbocycles. The smallest absolute Gasteiger partial charge is 0.408 e. The number of carbonyl (C=O) groups is 2.